The zero-order valence-electron chi connectivity index (χ0n) is 33.4. The minimum absolute atomic E-state index is 0.0976. The topological polar surface area (TPSA) is 81.7 Å². The van der Waals surface area contributed by atoms with Gasteiger partial charge < -0.3 is 19.3 Å². The second-order valence-electron chi connectivity index (χ2n) is 15.6. The lowest BCUT2D eigenvalue weighted by Gasteiger charge is -2.23. The lowest BCUT2D eigenvalue weighted by molar-refractivity contribution is -0.870. The van der Waals surface area contributed by atoms with E-state index in [4.69, 9.17) is 9.47 Å². The van der Waals surface area contributed by atoms with Gasteiger partial charge in [-0.2, -0.15) is 0 Å². The summed E-state index contributed by atoms with van der Waals surface area (Å²) < 4.78 is 12.0. The minimum Gasteiger partial charge on any atom is -0.466 e. The summed E-state index contributed by atoms with van der Waals surface area (Å²) >= 11 is 0. The number of esters is 2. The Morgan fingerprint density at radius 3 is 1.31 bits per heavy atom. The first-order valence-corrected chi connectivity index (χ1v) is 21.1. The Labute approximate surface area is 304 Å². The summed E-state index contributed by atoms with van der Waals surface area (Å²) in [5, 5.41) is 2.87. The molecule has 49 heavy (non-hydrogen) atoms. The Morgan fingerprint density at radius 1 is 0.490 bits per heavy atom. The molecule has 0 aromatic rings. The van der Waals surface area contributed by atoms with Crippen molar-refractivity contribution in [1.82, 2.24) is 5.32 Å². The first-order chi connectivity index (χ1) is 23.7. The average molecular weight is 696 g/mol. The molecule has 0 aliphatic rings. The number of hydrogen-bond donors (Lipinski definition) is 1. The van der Waals surface area contributed by atoms with Gasteiger partial charge in [0.1, 0.15) is 6.04 Å². The molecule has 0 aliphatic carbocycles. The quantitative estimate of drug-likeness (QED) is 0.0397. The summed E-state index contributed by atoms with van der Waals surface area (Å²) in [7, 11) is 6.51. The fourth-order valence-electron chi connectivity index (χ4n) is 6.24. The van der Waals surface area contributed by atoms with Crippen LogP contribution in [0.2, 0.25) is 0 Å². The van der Waals surface area contributed by atoms with Crippen LogP contribution in [0.15, 0.2) is 0 Å². The van der Waals surface area contributed by atoms with Crippen LogP contribution in [0, 0.1) is 0 Å². The molecule has 7 heteroatoms. The van der Waals surface area contributed by atoms with Crippen molar-refractivity contribution in [3.8, 4) is 0 Å². The highest BCUT2D eigenvalue weighted by atomic mass is 16.5. The number of amides is 1. The molecule has 0 aromatic heterocycles. The van der Waals surface area contributed by atoms with Gasteiger partial charge in [-0.1, -0.05) is 155 Å². The number of carbonyl (C=O) groups excluding carboxylic acids is 3. The summed E-state index contributed by atoms with van der Waals surface area (Å²) in [6, 6.07) is -0.810. The van der Waals surface area contributed by atoms with Crippen LogP contribution in [0.25, 0.3) is 0 Å². The van der Waals surface area contributed by atoms with Crippen molar-refractivity contribution < 1.29 is 28.3 Å². The summed E-state index contributed by atoms with van der Waals surface area (Å²) in [6.45, 7) is 6.36. The maximum atomic E-state index is 13.0. The smallest absolute Gasteiger partial charge is 0.328 e. The number of quaternary nitrogens is 1. The summed E-state index contributed by atoms with van der Waals surface area (Å²) in [4.78, 5) is 38.2. The van der Waals surface area contributed by atoms with Crippen LogP contribution in [0.4, 0.5) is 0 Å². The van der Waals surface area contributed by atoms with Crippen LogP contribution in [-0.4, -0.2) is 69.3 Å². The van der Waals surface area contributed by atoms with Gasteiger partial charge in [0.05, 0.1) is 40.9 Å². The van der Waals surface area contributed by atoms with E-state index < -0.39 is 12.0 Å². The highest BCUT2D eigenvalue weighted by molar-refractivity contribution is 5.85. The van der Waals surface area contributed by atoms with E-state index in [-0.39, 0.29) is 24.7 Å². The fourth-order valence-corrected chi connectivity index (χ4v) is 6.24. The maximum absolute atomic E-state index is 13.0. The number of unbranched alkanes of at least 4 members (excludes halogenated alkanes) is 24. The van der Waals surface area contributed by atoms with Crippen LogP contribution in [0.5, 0.6) is 0 Å². The number of carbonyl (C=O) groups is 3. The lowest BCUT2D eigenvalue weighted by atomic mass is 10.1. The molecule has 0 bridgehead atoms. The Hall–Kier alpha value is -1.63. The number of rotatable bonds is 37. The largest absolute Gasteiger partial charge is 0.466 e. The number of hydrogen-bond acceptors (Lipinski definition) is 5. The molecule has 0 aromatic carbocycles. The van der Waals surface area contributed by atoms with E-state index in [1.807, 2.05) is 0 Å². The van der Waals surface area contributed by atoms with Gasteiger partial charge in [-0.3, -0.25) is 9.59 Å². The summed E-state index contributed by atoms with van der Waals surface area (Å²) in [5.41, 5.74) is 0. The van der Waals surface area contributed by atoms with Gasteiger partial charge in [0, 0.05) is 12.8 Å². The molecule has 0 spiro atoms. The van der Waals surface area contributed by atoms with Gasteiger partial charge in [-0.15, -0.1) is 0 Å². The molecule has 1 amide bonds. The first-order valence-electron chi connectivity index (χ1n) is 21.1. The highest BCUT2D eigenvalue weighted by Gasteiger charge is 2.23. The molecule has 1 unspecified atom stereocenters. The Balaban J connectivity index is 4.31. The van der Waals surface area contributed by atoms with E-state index in [2.05, 4.69) is 40.3 Å². The third-order valence-corrected chi connectivity index (χ3v) is 9.49. The molecule has 0 saturated carbocycles. The fraction of sp³-hybridized carbons (Fsp3) is 0.929. The molecule has 0 heterocycles. The van der Waals surface area contributed by atoms with E-state index >= 15 is 0 Å². The predicted molar refractivity (Wildman–Crippen MR) is 207 cm³/mol. The van der Waals surface area contributed by atoms with E-state index in [9.17, 15) is 14.4 Å². The van der Waals surface area contributed by atoms with E-state index in [0.29, 0.717) is 19.6 Å². The molecule has 0 saturated heterocycles. The molecule has 0 fully saturated rings. The van der Waals surface area contributed by atoms with Crippen molar-refractivity contribution in [1.29, 1.82) is 0 Å². The second kappa shape index (κ2) is 34.8. The monoisotopic (exact) mass is 696 g/mol. The van der Waals surface area contributed by atoms with Gasteiger partial charge >= 0.3 is 11.9 Å². The van der Waals surface area contributed by atoms with Crippen molar-refractivity contribution in [3.05, 3.63) is 0 Å². The van der Waals surface area contributed by atoms with E-state index in [1.165, 1.54) is 122 Å². The first kappa shape index (κ1) is 47.4. The van der Waals surface area contributed by atoms with Crippen LogP contribution < -0.4 is 5.32 Å². The van der Waals surface area contributed by atoms with Gasteiger partial charge in [0.15, 0.2) is 0 Å². The molecular formula is C42H83N2O5+. The molecular weight excluding hydrogens is 612 g/mol. The average Bonchev–Trinajstić information content (AvgIpc) is 3.06. The van der Waals surface area contributed by atoms with Crippen molar-refractivity contribution in [2.45, 2.75) is 213 Å². The van der Waals surface area contributed by atoms with Gasteiger partial charge in [0.25, 0.3) is 0 Å². The number of ether oxygens (including phenoxy) is 2. The second-order valence-corrected chi connectivity index (χ2v) is 15.6. The predicted octanol–water partition coefficient (Wildman–Crippen LogP) is 11.0. The van der Waals surface area contributed by atoms with Crippen LogP contribution >= 0.6 is 0 Å². The number of nitrogens with one attached hydrogen (secondary N) is 1. The highest BCUT2D eigenvalue weighted by Crippen LogP contribution is 2.14. The van der Waals surface area contributed by atoms with Crippen molar-refractivity contribution in [2.24, 2.45) is 0 Å². The molecule has 1 N–H and O–H groups in total. The van der Waals surface area contributed by atoms with Gasteiger partial charge in [0.2, 0.25) is 5.91 Å². The Kier molecular flexibility index (Phi) is 33.6. The van der Waals surface area contributed by atoms with E-state index in [0.717, 1.165) is 62.4 Å². The Bertz CT molecular complexity index is 767. The molecule has 0 radical (unpaired) electrons. The van der Waals surface area contributed by atoms with Crippen molar-refractivity contribution in [2.75, 3.05) is 40.9 Å². The zero-order chi connectivity index (χ0) is 36.3. The lowest BCUT2D eigenvalue weighted by Crippen LogP contribution is -2.42. The van der Waals surface area contributed by atoms with Crippen LogP contribution in [0.3, 0.4) is 0 Å². The van der Waals surface area contributed by atoms with E-state index in [1.54, 1.807) is 0 Å². The van der Waals surface area contributed by atoms with Crippen LogP contribution in [-0.2, 0) is 23.9 Å². The minimum atomic E-state index is -0.810. The normalized spacial score (nSPS) is 12.2. The third kappa shape index (κ3) is 36.0. The van der Waals surface area contributed by atoms with Gasteiger partial charge in [-0.25, -0.2) is 4.79 Å². The molecule has 1 atom stereocenters. The van der Waals surface area contributed by atoms with Gasteiger partial charge in [-0.05, 0) is 38.5 Å². The van der Waals surface area contributed by atoms with Crippen molar-refractivity contribution in [3.63, 3.8) is 0 Å². The summed E-state index contributed by atoms with van der Waals surface area (Å²) in [6.07, 6.45) is 33.7. The maximum Gasteiger partial charge on any atom is 0.328 e. The molecule has 290 valence electrons. The van der Waals surface area contributed by atoms with Crippen LogP contribution in [0.1, 0.15) is 206 Å². The molecule has 0 rings (SSSR count). The van der Waals surface area contributed by atoms with Crippen molar-refractivity contribution >= 4 is 17.8 Å². The standard InChI is InChI=1S/C42H82N2O5/c1-6-8-10-12-14-16-18-20-22-24-26-31-37-48-41(46)35-34-39(43-40(45)33-29-28-30-36-44(3,4)5)42(47)49-38-32-27-25-23-21-19-17-15-13-11-9-7-2/h39H,6-38H2,1-5H3/p+1. The number of nitrogens with zero attached hydrogens (tertiary/aromatic N) is 1. The Morgan fingerprint density at radius 2 is 0.878 bits per heavy atom. The zero-order valence-corrected chi connectivity index (χ0v) is 33.4. The SMILES string of the molecule is CCCCCCCCCCCCCCOC(=O)CCC(NC(=O)CCCCC[N+](C)(C)C)C(=O)OCCCCCCCCCCCCCC. The molecule has 7 nitrogen and oxygen atoms in total. The molecule has 0 aliphatic heterocycles. The summed E-state index contributed by atoms with van der Waals surface area (Å²) in [5.74, 6) is -0.894. The third-order valence-electron chi connectivity index (χ3n) is 9.49.